The van der Waals surface area contributed by atoms with E-state index in [1.165, 1.54) is 42.6 Å². The smallest absolute Gasteiger partial charge is 0.119 e. The maximum absolute atomic E-state index is 5.97. The highest BCUT2D eigenvalue weighted by atomic mass is 16.5. The lowest BCUT2D eigenvalue weighted by molar-refractivity contribution is 0.238. The average molecular weight is 389 g/mol. The molecule has 0 radical (unpaired) electrons. The van der Waals surface area contributed by atoms with Crippen LogP contribution >= 0.6 is 0 Å². The molecule has 1 aromatic heterocycles. The van der Waals surface area contributed by atoms with Crippen molar-refractivity contribution in [3.63, 3.8) is 0 Å². The fraction of sp³-hybridized carbons (Fsp3) is 0.320. The molecule has 2 heterocycles. The zero-order valence-corrected chi connectivity index (χ0v) is 17.0. The Morgan fingerprint density at radius 1 is 0.862 bits per heavy atom. The summed E-state index contributed by atoms with van der Waals surface area (Å²) in [5.41, 5.74) is 3.59. The molecule has 150 valence electrons. The van der Waals surface area contributed by atoms with Crippen molar-refractivity contribution in [2.75, 3.05) is 33.4 Å². The molecular weight excluding hydrogens is 360 g/mol. The van der Waals surface area contributed by atoms with Gasteiger partial charge in [0.15, 0.2) is 0 Å². The summed E-state index contributed by atoms with van der Waals surface area (Å²) in [6, 6.07) is 20.8. The van der Waals surface area contributed by atoms with Crippen molar-refractivity contribution in [3.05, 3.63) is 89.7 Å². The maximum atomic E-state index is 5.97. The third-order valence-electron chi connectivity index (χ3n) is 5.56. The predicted octanol–water partition coefficient (Wildman–Crippen LogP) is 4.75. The van der Waals surface area contributed by atoms with Crippen LogP contribution in [0.3, 0.4) is 0 Å². The van der Waals surface area contributed by atoms with Gasteiger partial charge in [-0.05, 0) is 73.0 Å². The Labute approximate surface area is 173 Å². The summed E-state index contributed by atoms with van der Waals surface area (Å²) in [6.07, 6.45) is 6.38. The summed E-state index contributed by atoms with van der Waals surface area (Å²) in [6.45, 7) is 4.16. The van der Waals surface area contributed by atoms with Crippen LogP contribution in [-0.4, -0.2) is 43.2 Å². The first-order chi connectivity index (χ1) is 14.3. The van der Waals surface area contributed by atoms with Gasteiger partial charge < -0.3 is 9.47 Å². The van der Waals surface area contributed by atoms with Crippen LogP contribution in [0.2, 0.25) is 0 Å². The number of likely N-dealkylation sites (tertiary alicyclic amines) is 1. The number of hydrogen-bond acceptors (Lipinski definition) is 4. The van der Waals surface area contributed by atoms with Gasteiger partial charge in [0.2, 0.25) is 0 Å². The van der Waals surface area contributed by atoms with E-state index in [4.69, 9.17) is 9.47 Å². The van der Waals surface area contributed by atoms with E-state index in [-0.39, 0.29) is 5.92 Å². The fourth-order valence-corrected chi connectivity index (χ4v) is 3.98. The van der Waals surface area contributed by atoms with Crippen molar-refractivity contribution >= 4 is 0 Å². The molecule has 0 amide bonds. The van der Waals surface area contributed by atoms with E-state index in [1.807, 2.05) is 30.6 Å². The highest BCUT2D eigenvalue weighted by molar-refractivity contribution is 5.45. The molecule has 0 N–H and O–H groups in total. The van der Waals surface area contributed by atoms with Crippen molar-refractivity contribution in [2.24, 2.45) is 0 Å². The lowest BCUT2D eigenvalue weighted by Crippen LogP contribution is -2.25. The molecule has 4 nitrogen and oxygen atoms in total. The van der Waals surface area contributed by atoms with Crippen LogP contribution in [0, 0.1) is 0 Å². The molecule has 1 aliphatic heterocycles. The molecule has 1 atom stereocenters. The first-order valence-corrected chi connectivity index (χ1v) is 10.3. The van der Waals surface area contributed by atoms with Crippen LogP contribution in [0.4, 0.5) is 0 Å². The van der Waals surface area contributed by atoms with Crippen molar-refractivity contribution in [1.82, 2.24) is 9.88 Å². The summed E-state index contributed by atoms with van der Waals surface area (Å²) in [4.78, 5) is 6.80. The van der Waals surface area contributed by atoms with E-state index < -0.39 is 0 Å². The number of pyridine rings is 1. The number of ether oxygens (including phenoxy) is 2. The second-order valence-electron chi connectivity index (χ2n) is 7.46. The van der Waals surface area contributed by atoms with Crippen LogP contribution in [0.1, 0.15) is 35.4 Å². The number of nitrogens with zero attached hydrogens (tertiary/aromatic N) is 2. The minimum atomic E-state index is 0.119. The van der Waals surface area contributed by atoms with Gasteiger partial charge in [0, 0.05) is 24.9 Å². The minimum absolute atomic E-state index is 0.119. The molecule has 1 unspecified atom stereocenters. The summed E-state index contributed by atoms with van der Waals surface area (Å²) < 4.78 is 11.3. The zero-order chi connectivity index (χ0) is 19.9. The second kappa shape index (κ2) is 9.57. The first kappa shape index (κ1) is 19.5. The van der Waals surface area contributed by atoms with Gasteiger partial charge in [-0.3, -0.25) is 9.88 Å². The summed E-state index contributed by atoms with van der Waals surface area (Å²) in [7, 11) is 1.69. The van der Waals surface area contributed by atoms with Crippen molar-refractivity contribution in [2.45, 2.75) is 18.8 Å². The molecule has 2 aromatic carbocycles. The molecule has 1 saturated heterocycles. The zero-order valence-electron chi connectivity index (χ0n) is 17.0. The van der Waals surface area contributed by atoms with Crippen molar-refractivity contribution in [3.8, 4) is 11.5 Å². The maximum Gasteiger partial charge on any atom is 0.119 e. The van der Waals surface area contributed by atoms with E-state index in [0.717, 1.165) is 24.7 Å². The topological polar surface area (TPSA) is 34.6 Å². The van der Waals surface area contributed by atoms with Crippen LogP contribution in [0.15, 0.2) is 73.1 Å². The molecule has 0 spiro atoms. The van der Waals surface area contributed by atoms with Gasteiger partial charge >= 0.3 is 0 Å². The normalized spacial score (nSPS) is 15.2. The Balaban J connectivity index is 1.51. The molecule has 0 bridgehead atoms. The molecule has 4 rings (SSSR count). The van der Waals surface area contributed by atoms with Gasteiger partial charge in [0.25, 0.3) is 0 Å². The van der Waals surface area contributed by atoms with Crippen LogP contribution in [0.25, 0.3) is 0 Å². The largest absolute Gasteiger partial charge is 0.497 e. The molecule has 0 aliphatic carbocycles. The average Bonchev–Trinajstić information content (AvgIpc) is 3.30. The SMILES string of the molecule is COc1ccc(C(c2ccc(OCCN3CCCC3)cc2)c2cccnc2)cc1. The number of methoxy groups -OCH3 is 1. The van der Waals surface area contributed by atoms with Gasteiger partial charge in [-0.15, -0.1) is 0 Å². The third-order valence-corrected chi connectivity index (χ3v) is 5.56. The van der Waals surface area contributed by atoms with Crippen LogP contribution < -0.4 is 9.47 Å². The Bertz CT molecular complexity index is 873. The van der Waals surface area contributed by atoms with E-state index in [1.54, 1.807) is 7.11 Å². The van der Waals surface area contributed by atoms with Gasteiger partial charge in [-0.1, -0.05) is 30.3 Å². The van der Waals surface area contributed by atoms with Crippen molar-refractivity contribution in [1.29, 1.82) is 0 Å². The van der Waals surface area contributed by atoms with E-state index >= 15 is 0 Å². The highest BCUT2D eigenvalue weighted by Crippen LogP contribution is 2.33. The number of benzene rings is 2. The van der Waals surface area contributed by atoms with Crippen molar-refractivity contribution < 1.29 is 9.47 Å². The molecule has 4 heteroatoms. The van der Waals surface area contributed by atoms with Crippen LogP contribution in [0.5, 0.6) is 11.5 Å². The lowest BCUT2D eigenvalue weighted by atomic mass is 9.86. The predicted molar refractivity (Wildman–Crippen MR) is 116 cm³/mol. The van der Waals surface area contributed by atoms with Gasteiger partial charge in [0.05, 0.1) is 7.11 Å². The second-order valence-corrected chi connectivity index (χ2v) is 7.46. The summed E-state index contributed by atoms with van der Waals surface area (Å²) in [5.74, 6) is 1.90. The molecule has 0 saturated carbocycles. The summed E-state index contributed by atoms with van der Waals surface area (Å²) in [5, 5.41) is 0. The van der Waals surface area contributed by atoms with E-state index in [9.17, 15) is 0 Å². The molecule has 29 heavy (non-hydrogen) atoms. The monoisotopic (exact) mass is 388 g/mol. The van der Waals surface area contributed by atoms with Crippen LogP contribution in [-0.2, 0) is 0 Å². The Kier molecular flexibility index (Phi) is 6.42. The Morgan fingerprint density at radius 2 is 1.52 bits per heavy atom. The first-order valence-electron chi connectivity index (χ1n) is 10.3. The minimum Gasteiger partial charge on any atom is -0.497 e. The van der Waals surface area contributed by atoms with Gasteiger partial charge in [-0.2, -0.15) is 0 Å². The van der Waals surface area contributed by atoms with Gasteiger partial charge in [0.1, 0.15) is 18.1 Å². The van der Waals surface area contributed by atoms with E-state index in [0.29, 0.717) is 0 Å². The number of aromatic nitrogens is 1. The quantitative estimate of drug-likeness (QED) is 0.558. The highest BCUT2D eigenvalue weighted by Gasteiger charge is 2.17. The third kappa shape index (κ3) is 4.96. The Morgan fingerprint density at radius 3 is 2.10 bits per heavy atom. The number of rotatable bonds is 8. The van der Waals surface area contributed by atoms with Gasteiger partial charge in [-0.25, -0.2) is 0 Å². The van der Waals surface area contributed by atoms with E-state index in [2.05, 4.69) is 52.3 Å². The molecular formula is C25H28N2O2. The molecule has 1 fully saturated rings. The molecule has 3 aromatic rings. The number of hydrogen-bond donors (Lipinski definition) is 0. The standard InChI is InChI=1S/C25H28N2O2/c1-28-23-10-6-20(7-11-23)25(22-5-4-14-26-19-22)21-8-12-24(13-9-21)29-18-17-27-15-2-3-16-27/h4-14,19,25H,2-3,15-18H2,1H3. The molecule has 1 aliphatic rings. The lowest BCUT2D eigenvalue weighted by Gasteiger charge is -2.19. The summed E-state index contributed by atoms with van der Waals surface area (Å²) >= 11 is 0. The fourth-order valence-electron chi connectivity index (χ4n) is 3.98. The Hall–Kier alpha value is -2.85.